The standard InChI is InChI=1S/C14H26N2O2/c1-15(12-6-3-2-4-7-12)14(18)10-16-9-5-8-13(16)11-17/h12-13,17H,2-11H2,1H3/t13-/m1/s1. The summed E-state index contributed by atoms with van der Waals surface area (Å²) in [6, 6.07) is 0.648. The van der Waals surface area contributed by atoms with Gasteiger partial charge in [-0.05, 0) is 32.2 Å². The van der Waals surface area contributed by atoms with E-state index in [2.05, 4.69) is 4.90 Å². The van der Waals surface area contributed by atoms with Crippen LogP contribution >= 0.6 is 0 Å². The minimum atomic E-state index is 0.181. The van der Waals surface area contributed by atoms with Crippen LogP contribution in [0.3, 0.4) is 0 Å². The number of likely N-dealkylation sites (N-methyl/N-ethyl adjacent to an activating group) is 1. The van der Waals surface area contributed by atoms with Crippen molar-refractivity contribution in [2.75, 3.05) is 26.7 Å². The van der Waals surface area contributed by atoms with Crippen LogP contribution in [0.1, 0.15) is 44.9 Å². The minimum absolute atomic E-state index is 0.181. The molecule has 18 heavy (non-hydrogen) atoms. The van der Waals surface area contributed by atoms with Gasteiger partial charge < -0.3 is 10.0 Å². The number of rotatable bonds is 4. The first-order valence-corrected chi connectivity index (χ1v) is 7.33. The number of amides is 1. The van der Waals surface area contributed by atoms with Gasteiger partial charge in [-0.25, -0.2) is 0 Å². The molecular formula is C14H26N2O2. The van der Waals surface area contributed by atoms with E-state index in [9.17, 15) is 9.90 Å². The van der Waals surface area contributed by atoms with Crippen molar-refractivity contribution in [3.63, 3.8) is 0 Å². The number of aliphatic hydroxyl groups excluding tert-OH is 1. The first-order valence-electron chi connectivity index (χ1n) is 7.33. The molecular weight excluding hydrogens is 228 g/mol. The molecule has 4 heteroatoms. The Balaban J connectivity index is 1.82. The fraction of sp³-hybridized carbons (Fsp3) is 0.929. The lowest BCUT2D eigenvalue weighted by molar-refractivity contribution is -0.134. The van der Waals surface area contributed by atoms with Gasteiger partial charge in [0, 0.05) is 19.1 Å². The van der Waals surface area contributed by atoms with E-state index in [0.717, 1.165) is 32.2 Å². The third kappa shape index (κ3) is 3.23. The Morgan fingerprint density at radius 2 is 1.94 bits per heavy atom. The topological polar surface area (TPSA) is 43.8 Å². The van der Waals surface area contributed by atoms with Crippen LogP contribution in [-0.4, -0.2) is 59.6 Å². The lowest BCUT2D eigenvalue weighted by Crippen LogP contribution is -2.45. The molecule has 1 amide bonds. The molecule has 0 spiro atoms. The maximum atomic E-state index is 12.3. The number of likely N-dealkylation sites (tertiary alicyclic amines) is 1. The van der Waals surface area contributed by atoms with Crippen LogP contribution in [0, 0.1) is 0 Å². The van der Waals surface area contributed by atoms with Gasteiger partial charge in [0.25, 0.3) is 0 Å². The van der Waals surface area contributed by atoms with E-state index in [0.29, 0.717) is 12.6 Å². The van der Waals surface area contributed by atoms with E-state index in [1.807, 2.05) is 11.9 Å². The summed E-state index contributed by atoms with van der Waals surface area (Å²) in [4.78, 5) is 16.4. The third-order valence-corrected chi connectivity index (χ3v) is 4.56. The molecule has 1 saturated heterocycles. The number of nitrogens with zero attached hydrogens (tertiary/aromatic N) is 2. The Morgan fingerprint density at radius 1 is 1.22 bits per heavy atom. The number of carbonyl (C=O) groups excluding carboxylic acids is 1. The molecule has 1 aliphatic carbocycles. The molecule has 0 aromatic carbocycles. The molecule has 0 radical (unpaired) electrons. The van der Waals surface area contributed by atoms with Crippen molar-refractivity contribution in [2.45, 2.75) is 57.0 Å². The van der Waals surface area contributed by atoms with Gasteiger partial charge in [0.2, 0.25) is 5.91 Å². The molecule has 2 aliphatic rings. The Morgan fingerprint density at radius 3 is 2.61 bits per heavy atom. The molecule has 104 valence electrons. The second kappa shape index (κ2) is 6.53. The van der Waals surface area contributed by atoms with Crippen LogP contribution in [0.4, 0.5) is 0 Å². The molecule has 1 heterocycles. The quantitative estimate of drug-likeness (QED) is 0.821. The zero-order valence-electron chi connectivity index (χ0n) is 11.5. The molecule has 1 N–H and O–H groups in total. The van der Waals surface area contributed by atoms with E-state index in [4.69, 9.17) is 0 Å². The highest BCUT2D eigenvalue weighted by Gasteiger charge is 2.28. The number of hydrogen-bond donors (Lipinski definition) is 1. The van der Waals surface area contributed by atoms with Crippen LogP contribution < -0.4 is 0 Å². The highest BCUT2D eigenvalue weighted by Crippen LogP contribution is 2.22. The number of carbonyl (C=O) groups is 1. The van der Waals surface area contributed by atoms with E-state index in [1.165, 1.54) is 19.3 Å². The summed E-state index contributed by atoms with van der Waals surface area (Å²) in [5.74, 6) is 0.224. The van der Waals surface area contributed by atoms with E-state index < -0.39 is 0 Å². The van der Waals surface area contributed by atoms with Crippen molar-refractivity contribution in [1.29, 1.82) is 0 Å². The van der Waals surface area contributed by atoms with Crippen molar-refractivity contribution >= 4 is 5.91 Å². The predicted molar refractivity (Wildman–Crippen MR) is 71.3 cm³/mol. The zero-order valence-corrected chi connectivity index (χ0v) is 11.5. The van der Waals surface area contributed by atoms with Gasteiger partial charge in [0.15, 0.2) is 0 Å². The Kier molecular flexibility index (Phi) is 5.01. The van der Waals surface area contributed by atoms with Gasteiger partial charge in [-0.15, -0.1) is 0 Å². The summed E-state index contributed by atoms with van der Waals surface area (Å²) in [5.41, 5.74) is 0. The second-order valence-corrected chi connectivity index (χ2v) is 5.75. The summed E-state index contributed by atoms with van der Waals surface area (Å²) in [6.07, 6.45) is 8.27. The zero-order chi connectivity index (χ0) is 13.0. The first kappa shape index (κ1) is 13.8. The maximum Gasteiger partial charge on any atom is 0.236 e. The summed E-state index contributed by atoms with van der Waals surface area (Å²) >= 11 is 0. The van der Waals surface area contributed by atoms with Crippen molar-refractivity contribution in [3.05, 3.63) is 0 Å². The molecule has 1 saturated carbocycles. The summed E-state index contributed by atoms with van der Waals surface area (Å²) in [5, 5.41) is 9.27. The first-order chi connectivity index (χ1) is 8.72. The summed E-state index contributed by atoms with van der Waals surface area (Å²) in [7, 11) is 1.95. The van der Waals surface area contributed by atoms with E-state index in [-0.39, 0.29) is 18.6 Å². The molecule has 0 unspecified atom stereocenters. The van der Waals surface area contributed by atoms with E-state index in [1.54, 1.807) is 0 Å². The summed E-state index contributed by atoms with van der Waals surface area (Å²) in [6.45, 7) is 1.62. The summed E-state index contributed by atoms with van der Waals surface area (Å²) < 4.78 is 0. The monoisotopic (exact) mass is 254 g/mol. The molecule has 4 nitrogen and oxygen atoms in total. The lowest BCUT2D eigenvalue weighted by atomic mass is 9.94. The normalized spacial score (nSPS) is 26.4. The third-order valence-electron chi connectivity index (χ3n) is 4.56. The average molecular weight is 254 g/mol. The van der Waals surface area contributed by atoms with Gasteiger partial charge in [-0.1, -0.05) is 19.3 Å². The Bertz CT molecular complexity index is 277. The molecule has 1 aliphatic heterocycles. The highest BCUT2D eigenvalue weighted by atomic mass is 16.3. The van der Waals surface area contributed by atoms with Gasteiger partial charge in [-0.2, -0.15) is 0 Å². The number of aliphatic hydroxyl groups is 1. The minimum Gasteiger partial charge on any atom is -0.395 e. The molecule has 0 aromatic heterocycles. The van der Waals surface area contributed by atoms with Crippen LogP contribution in [0.5, 0.6) is 0 Å². The molecule has 0 bridgehead atoms. The fourth-order valence-electron chi connectivity index (χ4n) is 3.27. The Labute approximate surface area is 110 Å². The average Bonchev–Trinajstić information content (AvgIpc) is 2.86. The van der Waals surface area contributed by atoms with Crippen molar-refractivity contribution in [2.24, 2.45) is 0 Å². The Hall–Kier alpha value is -0.610. The molecule has 0 aromatic rings. The molecule has 2 rings (SSSR count). The van der Waals surface area contributed by atoms with Crippen LogP contribution in [0.15, 0.2) is 0 Å². The van der Waals surface area contributed by atoms with E-state index >= 15 is 0 Å². The largest absolute Gasteiger partial charge is 0.395 e. The van der Waals surface area contributed by atoms with Crippen LogP contribution in [0.2, 0.25) is 0 Å². The van der Waals surface area contributed by atoms with Gasteiger partial charge in [-0.3, -0.25) is 9.69 Å². The smallest absolute Gasteiger partial charge is 0.236 e. The van der Waals surface area contributed by atoms with Crippen LogP contribution in [0.25, 0.3) is 0 Å². The fourth-order valence-corrected chi connectivity index (χ4v) is 3.27. The number of hydrogen-bond acceptors (Lipinski definition) is 3. The van der Waals surface area contributed by atoms with Crippen molar-refractivity contribution < 1.29 is 9.90 Å². The van der Waals surface area contributed by atoms with Crippen LogP contribution in [-0.2, 0) is 4.79 Å². The second-order valence-electron chi connectivity index (χ2n) is 5.75. The highest BCUT2D eigenvalue weighted by molar-refractivity contribution is 5.78. The van der Waals surface area contributed by atoms with Crippen molar-refractivity contribution in [1.82, 2.24) is 9.80 Å². The predicted octanol–water partition coefficient (Wildman–Crippen LogP) is 1.23. The maximum absolute atomic E-state index is 12.3. The SMILES string of the molecule is CN(C(=O)CN1CCC[C@@H]1CO)C1CCCCC1. The van der Waals surface area contributed by atoms with Gasteiger partial charge in [0.05, 0.1) is 13.2 Å². The molecule has 2 fully saturated rings. The van der Waals surface area contributed by atoms with Crippen molar-refractivity contribution in [3.8, 4) is 0 Å². The van der Waals surface area contributed by atoms with Gasteiger partial charge in [0.1, 0.15) is 0 Å². The van der Waals surface area contributed by atoms with Gasteiger partial charge >= 0.3 is 0 Å². The lowest BCUT2D eigenvalue weighted by Gasteiger charge is -2.33. The molecule has 1 atom stereocenters.